The molecule has 412 valence electrons. The van der Waals surface area contributed by atoms with E-state index < -0.39 is 0 Å². The molecule has 0 bridgehead atoms. The molecule has 0 radical (unpaired) electrons. The molecule has 11 nitrogen and oxygen atoms in total. The summed E-state index contributed by atoms with van der Waals surface area (Å²) in [6.07, 6.45) is 3.19. The van der Waals surface area contributed by atoms with Gasteiger partial charge >= 0.3 is 0 Å². The maximum atomic E-state index is 11.9. The Labute approximate surface area is 429 Å². The first-order chi connectivity index (χ1) is 29.9. The molecule has 1 fully saturated rings. The molecule has 69 heavy (non-hydrogen) atoms. The number of carbonyl (C=O) groups is 5. The van der Waals surface area contributed by atoms with Crippen LogP contribution in [0, 0.1) is 54.1 Å². The summed E-state index contributed by atoms with van der Waals surface area (Å²) in [5.41, 5.74) is -0.319. The Morgan fingerprint density at radius 2 is 0.725 bits per heavy atom. The number of carbonyl (C=O) groups excluding carboxylic acids is 5. The van der Waals surface area contributed by atoms with E-state index in [4.69, 9.17) is 0 Å². The van der Waals surface area contributed by atoms with Crippen molar-refractivity contribution in [2.75, 3.05) is 32.7 Å². The highest BCUT2D eigenvalue weighted by molar-refractivity contribution is 5.83. The molecule has 0 aliphatic carbocycles. The van der Waals surface area contributed by atoms with Crippen LogP contribution in [0.3, 0.4) is 0 Å². The van der Waals surface area contributed by atoms with Crippen molar-refractivity contribution in [1.29, 1.82) is 0 Å². The van der Waals surface area contributed by atoms with Gasteiger partial charge < -0.3 is 31.5 Å². The first-order valence-electron chi connectivity index (χ1n) is 26.2. The minimum absolute atomic E-state index is 0.120. The van der Waals surface area contributed by atoms with Gasteiger partial charge in [0.05, 0.1) is 0 Å². The lowest BCUT2D eigenvalue weighted by molar-refractivity contribution is -0.130. The predicted octanol–water partition coefficient (Wildman–Crippen LogP) is 12.6. The van der Waals surface area contributed by atoms with Crippen LogP contribution in [-0.4, -0.2) is 85.3 Å². The van der Waals surface area contributed by atoms with E-state index in [2.05, 4.69) is 135 Å². The molecule has 1 aliphatic rings. The topological polar surface area (TPSA) is 149 Å². The number of nitrogens with zero attached hydrogens (tertiary/aromatic N) is 1. The summed E-state index contributed by atoms with van der Waals surface area (Å²) in [6, 6.07) is 0.784. The molecule has 1 rings (SSSR count). The SMILES string of the molecule is CC(C)(C)CCNC(=O)C(C)(C)C.CC(C)(C)CN1CCC(NC(=O)C(C)(C)C)CC1.CC(C)(C)CNC(=O)C(C)(C)C.C[C@@H](NC(=O)C(C)(C)C)C(C)(C)C.C[C@H](NC(=O)C(C)(C)C)C(C)(C)C. The van der Waals surface area contributed by atoms with Crippen molar-refractivity contribution in [3.63, 3.8) is 0 Å². The molecule has 1 aliphatic heterocycles. The number of nitrogens with one attached hydrogen (secondary N) is 5. The second-order valence-electron chi connectivity index (χ2n) is 30.8. The van der Waals surface area contributed by atoms with Crippen molar-refractivity contribution in [3.05, 3.63) is 0 Å². The summed E-state index contributed by atoms with van der Waals surface area (Å²) in [4.78, 5) is 60.5. The Balaban J connectivity index is -0.000000386. The van der Waals surface area contributed by atoms with Crippen LogP contribution in [0.5, 0.6) is 0 Å². The Kier molecular flexibility index (Phi) is 30.1. The van der Waals surface area contributed by atoms with Crippen molar-refractivity contribution < 1.29 is 24.0 Å². The molecule has 5 amide bonds. The van der Waals surface area contributed by atoms with Gasteiger partial charge in [0.2, 0.25) is 29.5 Å². The lowest BCUT2D eigenvalue weighted by Crippen LogP contribution is -2.48. The average molecular weight is 982 g/mol. The van der Waals surface area contributed by atoms with Gasteiger partial charge in [0.15, 0.2) is 0 Å². The number of rotatable bonds is 7. The molecule has 5 N–H and O–H groups in total. The fraction of sp³-hybridized carbons (Fsp3) is 0.914. The van der Waals surface area contributed by atoms with Crippen molar-refractivity contribution in [2.24, 2.45) is 54.1 Å². The third kappa shape index (κ3) is 41.6. The smallest absolute Gasteiger partial charge is 0.225 e. The predicted molar refractivity (Wildman–Crippen MR) is 298 cm³/mol. The number of amides is 5. The highest BCUT2D eigenvalue weighted by atomic mass is 16.2. The normalized spacial score (nSPS) is 15.6. The molecular formula is C58H120N6O5. The van der Waals surface area contributed by atoms with E-state index in [1.807, 2.05) is 118 Å². The molecule has 0 spiro atoms. The standard InChI is InChI=1S/C15H30N2O.3C11H23NO.C10H21NO/c1-14(2,3)11-17-9-7-12(8-10-17)16-13(18)15(4,5)6;1-10(2,3)7-8-12-9(13)11(4,5)6;2*1-8(10(2,3)4)12-9(13)11(5,6)7;1-9(2,3)7-11-8(12)10(4,5)6/h12H,7-11H2,1-6H3,(H,16,18);7-8H2,1-6H3,(H,12,13);2*8H,1-7H3,(H,12,13);7H2,1-6H3,(H,11,12)/t;;2*8-;/m..10./s1. The van der Waals surface area contributed by atoms with Gasteiger partial charge in [-0.1, -0.05) is 208 Å². The zero-order valence-corrected chi connectivity index (χ0v) is 51.9. The first kappa shape index (κ1) is 72.8. The molecule has 0 saturated carbocycles. The van der Waals surface area contributed by atoms with Gasteiger partial charge in [-0.2, -0.15) is 0 Å². The van der Waals surface area contributed by atoms with Crippen LogP contribution < -0.4 is 26.6 Å². The van der Waals surface area contributed by atoms with Gasteiger partial charge in [0.25, 0.3) is 0 Å². The zero-order valence-electron chi connectivity index (χ0n) is 51.9. The molecule has 2 atom stereocenters. The van der Waals surface area contributed by atoms with Crippen LogP contribution >= 0.6 is 0 Å². The molecule has 1 heterocycles. The third-order valence-corrected chi connectivity index (χ3v) is 11.3. The van der Waals surface area contributed by atoms with Gasteiger partial charge in [0.1, 0.15) is 0 Å². The minimum atomic E-state index is -0.292. The largest absolute Gasteiger partial charge is 0.356 e. The van der Waals surface area contributed by atoms with E-state index in [0.717, 1.165) is 52.0 Å². The van der Waals surface area contributed by atoms with Crippen molar-refractivity contribution in [2.45, 2.75) is 259 Å². The zero-order chi connectivity index (χ0) is 56.4. The summed E-state index contributed by atoms with van der Waals surface area (Å²) < 4.78 is 0. The Bertz CT molecular complexity index is 1460. The molecule has 0 aromatic carbocycles. The van der Waals surface area contributed by atoms with Gasteiger partial charge in [-0.25, -0.2) is 0 Å². The maximum absolute atomic E-state index is 11.9. The summed E-state index contributed by atoms with van der Waals surface area (Å²) >= 11 is 0. The van der Waals surface area contributed by atoms with Gasteiger partial charge in [-0.3, -0.25) is 24.0 Å². The lowest BCUT2D eigenvalue weighted by atomic mass is 9.86. The van der Waals surface area contributed by atoms with E-state index >= 15 is 0 Å². The van der Waals surface area contributed by atoms with Crippen LogP contribution in [0.4, 0.5) is 0 Å². The van der Waals surface area contributed by atoms with E-state index in [0.29, 0.717) is 16.9 Å². The fourth-order valence-corrected chi connectivity index (χ4v) is 4.99. The number of hydrogen-bond acceptors (Lipinski definition) is 6. The fourth-order valence-electron chi connectivity index (χ4n) is 4.99. The Morgan fingerprint density at radius 1 is 0.420 bits per heavy atom. The van der Waals surface area contributed by atoms with Crippen LogP contribution in [0.2, 0.25) is 0 Å². The van der Waals surface area contributed by atoms with E-state index in [-0.39, 0.29) is 84.9 Å². The highest BCUT2D eigenvalue weighted by Gasteiger charge is 2.30. The van der Waals surface area contributed by atoms with Crippen molar-refractivity contribution >= 4 is 29.5 Å². The molecule has 1 saturated heterocycles. The molecule has 0 aromatic rings. The second-order valence-corrected chi connectivity index (χ2v) is 30.8. The van der Waals surface area contributed by atoms with Crippen molar-refractivity contribution in [1.82, 2.24) is 31.5 Å². The van der Waals surface area contributed by atoms with E-state index in [1.165, 1.54) is 0 Å². The third-order valence-electron chi connectivity index (χ3n) is 11.3. The summed E-state index contributed by atoms with van der Waals surface area (Å²) in [5.74, 6) is 0.677. The Hall–Kier alpha value is -2.69. The van der Waals surface area contributed by atoms with E-state index in [9.17, 15) is 24.0 Å². The van der Waals surface area contributed by atoms with Gasteiger partial charge in [-0.05, 0) is 60.2 Å². The van der Waals surface area contributed by atoms with Gasteiger partial charge in [0, 0.05) is 77.9 Å². The molecule has 11 heteroatoms. The molecule has 0 aromatic heterocycles. The summed E-state index contributed by atoms with van der Waals surface area (Å²) in [7, 11) is 0. The van der Waals surface area contributed by atoms with Crippen LogP contribution in [0.1, 0.15) is 241 Å². The number of piperidine rings is 1. The Morgan fingerprint density at radius 3 is 0.971 bits per heavy atom. The van der Waals surface area contributed by atoms with Crippen LogP contribution in [0.15, 0.2) is 0 Å². The lowest BCUT2D eigenvalue weighted by Gasteiger charge is -2.36. The van der Waals surface area contributed by atoms with Crippen molar-refractivity contribution in [3.8, 4) is 0 Å². The monoisotopic (exact) mass is 981 g/mol. The summed E-state index contributed by atoms with van der Waals surface area (Å²) in [6.45, 7) is 70.4. The molecular weight excluding hydrogens is 861 g/mol. The number of likely N-dealkylation sites (tertiary alicyclic amines) is 1. The highest BCUT2D eigenvalue weighted by Crippen LogP contribution is 2.24. The minimum Gasteiger partial charge on any atom is -0.356 e. The first-order valence-corrected chi connectivity index (χ1v) is 26.2. The van der Waals surface area contributed by atoms with Crippen LogP contribution in [-0.2, 0) is 24.0 Å². The summed E-state index contributed by atoms with van der Waals surface area (Å²) in [5, 5.41) is 15.1. The second kappa shape index (κ2) is 28.5. The molecule has 0 unspecified atom stereocenters. The quantitative estimate of drug-likeness (QED) is 0.172. The maximum Gasteiger partial charge on any atom is 0.225 e. The van der Waals surface area contributed by atoms with Gasteiger partial charge in [-0.15, -0.1) is 0 Å². The van der Waals surface area contributed by atoms with Crippen LogP contribution in [0.25, 0.3) is 0 Å². The number of hydrogen-bond donors (Lipinski definition) is 5. The average Bonchev–Trinajstić information content (AvgIpc) is 3.08. The van der Waals surface area contributed by atoms with E-state index in [1.54, 1.807) is 0 Å².